The first-order chi connectivity index (χ1) is 12.9. The number of anilines is 1. The van der Waals surface area contributed by atoms with Gasteiger partial charge in [0.1, 0.15) is 0 Å². The third-order valence-electron chi connectivity index (χ3n) is 3.82. The summed E-state index contributed by atoms with van der Waals surface area (Å²) < 4.78 is 27.7. The highest BCUT2D eigenvalue weighted by molar-refractivity contribution is 9.10. The van der Waals surface area contributed by atoms with E-state index < -0.39 is 9.84 Å². The number of nitrogens with one attached hydrogen (secondary N) is 1. The number of hydrogen-bond donors (Lipinski definition) is 1. The zero-order chi connectivity index (χ0) is 19.0. The summed E-state index contributed by atoms with van der Waals surface area (Å²) in [6.07, 6.45) is 6.17. The molecule has 0 fully saturated rings. The molecule has 0 spiro atoms. The Labute approximate surface area is 163 Å². The third-order valence-corrected chi connectivity index (χ3v) is 5.22. The van der Waals surface area contributed by atoms with E-state index in [0.29, 0.717) is 16.7 Å². The van der Waals surface area contributed by atoms with Crippen LogP contribution in [0.5, 0.6) is 0 Å². The van der Waals surface area contributed by atoms with E-state index in [2.05, 4.69) is 41.4 Å². The number of aromatic nitrogens is 6. The van der Waals surface area contributed by atoms with Crippen molar-refractivity contribution in [3.63, 3.8) is 0 Å². The molecule has 0 atom stereocenters. The molecule has 1 N–H and O–H groups in total. The predicted octanol–water partition coefficient (Wildman–Crippen LogP) is 2.09. The molecule has 0 unspecified atom stereocenters. The smallest absolute Gasteiger partial charge is 0.252 e. The summed E-state index contributed by atoms with van der Waals surface area (Å²) in [5, 5.41) is 11.3. The first kappa shape index (κ1) is 17.6. The van der Waals surface area contributed by atoms with E-state index in [1.54, 1.807) is 17.1 Å². The van der Waals surface area contributed by atoms with Crippen molar-refractivity contribution >= 4 is 37.4 Å². The van der Waals surface area contributed by atoms with Crippen LogP contribution in [0.2, 0.25) is 0 Å². The van der Waals surface area contributed by atoms with Gasteiger partial charge in [-0.25, -0.2) is 13.1 Å². The van der Waals surface area contributed by atoms with E-state index in [9.17, 15) is 8.42 Å². The first-order valence-electron chi connectivity index (χ1n) is 7.86. The van der Waals surface area contributed by atoms with Crippen LogP contribution in [-0.2, 0) is 16.4 Å². The highest BCUT2D eigenvalue weighted by Crippen LogP contribution is 2.21. The topological polar surface area (TPSA) is 107 Å². The SMILES string of the molecule is CS(=O)(=O)c1nc(NCc2ccccc2-n2cccn2)n2ncc(Br)c2n1. The number of para-hydroxylation sites is 1. The second-order valence-corrected chi connectivity index (χ2v) is 8.53. The molecule has 0 saturated carbocycles. The third kappa shape index (κ3) is 3.43. The molecule has 3 aromatic heterocycles. The van der Waals surface area contributed by atoms with Crippen molar-refractivity contribution in [1.82, 2.24) is 29.4 Å². The van der Waals surface area contributed by atoms with Crippen molar-refractivity contribution in [3.05, 3.63) is 59.0 Å². The Balaban J connectivity index is 1.73. The number of nitrogens with zero attached hydrogens (tertiary/aromatic N) is 6. The predicted molar refractivity (Wildman–Crippen MR) is 102 cm³/mol. The van der Waals surface area contributed by atoms with Crippen molar-refractivity contribution < 1.29 is 8.42 Å². The van der Waals surface area contributed by atoms with Gasteiger partial charge in [0, 0.05) is 25.2 Å². The van der Waals surface area contributed by atoms with Crippen LogP contribution in [0.1, 0.15) is 5.56 Å². The van der Waals surface area contributed by atoms with Crippen LogP contribution in [0.3, 0.4) is 0 Å². The van der Waals surface area contributed by atoms with Gasteiger partial charge in [-0.05, 0) is 33.6 Å². The zero-order valence-electron chi connectivity index (χ0n) is 14.1. The normalized spacial score (nSPS) is 11.8. The molecule has 138 valence electrons. The van der Waals surface area contributed by atoms with Crippen molar-refractivity contribution in [3.8, 4) is 5.69 Å². The van der Waals surface area contributed by atoms with E-state index in [4.69, 9.17) is 0 Å². The minimum absolute atomic E-state index is 0.265. The lowest BCUT2D eigenvalue weighted by molar-refractivity contribution is 0.592. The Morgan fingerprint density at radius 1 is 1.15 bits per heavy atom. The Morgan fingerprint density at radius 3 is 2.70 bits per heavy atom. The van der Waals surface area contributed by atoms with Crippen molar-refractivity contribution in [2.24, 2.45) is 0 Å². The van der Waals surface area contributed by atoms with Gasteiger partial charge in [0.2, 0.25) is 15.8 Å². The molecule has 0 amide bonds. The highest BCUT2D eigenvalue weighted by atomic mass is 79.9. The van der Waals surface area contributed by atoms with Crippen LogP contribution in [-0.4, -0.2) is 44.0 Å². The maximum absolute atomic E-state index is 11.9. The summed E-state index contributed by atoms with van der Waals surface area (Å²) in [5.41, 5.74) is 2.23. The highest BCUT2D eigenvalue weighted by Gasteiger charge is 2.18. The molecule has 0 aliphatic heterocycles. The molecule has 0 radical (unpaired) electrons. The maximum Gasteiger partial charge on any atom is 0.252 e. The Bertz CT molecular complexity index is 1220. The molecular weight excluding hydrogens is 434 g/mol. The van der Waals surface area contributed by atoms with Gasteiger partial charge in [-0.2, -0.15) is 24.7 Å². The van der Waals surface area contributed by atoms with Gasteiger partial charge in [0.05, 0.1) is 16.4 Å². The molecule has 11 heteroatoms. The lowest BCUT2D eigenvalue weighted by atomic mass is 10.2. The quantitative estimate of drug-likeness (QED) is 0.498. The van der Waals surface area contributed by atoms with Crippen molar-refractivity contribution in [2.45, 2.75) is 11.7 Å². The minimum Gasteiger partial charge on any atom is -0.350 e. The van der Waals surface area contributed by atoms with E-state index in [0.717, 1.165) is 17.5 Å². The van der Waals surface area contributed by atoms with Crippen molar-refractivity contribution in [1.29, 1.82) is 0 Å². The van der Waals surface area contributed by atoms with Gasteiger partial charge in [0.15, 0.2) is 5.65 Å². The number of fused-ring (bicyclic) bond motifs is 1. The second kappa shape index (κ2) is 6.74. The summed E-state index contributed by atoms with van der Waals surface area (Å²) in [7, 11) is -3.58. The first-order valence-corrected chi connectivity index (χ1v) is 10.5. The lowest BCUT2D eigenvalue weighted by Crippen LogP contribution is -2.14. The number of hydrogen-bond acceptors (Lipinski definition) is 7. The molecule has 0 aliphatic rings. The van der Waals surface area contributed by atoms with Crippen LogP contribution in [0, 0.1) is 0 Å². The Kier molecular flexibility index (Phi) is 4.40. The summed E-state index contributed by atoms with van der Waals surface area (Å²) >= 11 is 3.33. The molecular formula is C16H14BrN7O2S. The van der Waals surface area contributed by atoms with Gasteiger partial charge < -0.3 is 5.32 Å². The van der Waals surface area contributed by atoms with E-state index in [1.165, 1.54) is 4.52 Å². The Morgan fingerprint density at radius 2 is 1.96 bits per heavy atom. The minimum atomic E-state index is -3.58. The van der Waals surface area contributed by atoms with Crippen LogP contribution >= 0.6 is 15.9 Å². The van der Waals surface area contributed by atoms with Gasteiger partial charge in [-0.15, -0.1) is 0 Å². The van der Waals surface area contributed by atoms with Crippen LogP contribution in [0.4, 0.5) is 5.95 Å². The fourth-order valence-corrected chi connectivity index (χ4v) is 3.43. The zero-order valence-corrected chi connectivity index (χ0v) is 16.5. The molecule has 4 rings (SSSR count). The van der Waals surface area contributed by atoms with Gasteiger partial charge >= 0.3 is 0 Å². The number of rotatable bonds is 5. The lowest BCUT2D eigenvalue weighted by Gasteiger charge is -2.12. The van der Waals surface area contributed by atoms with E-state index in [-0.39, 0.29) is 11.1 Å². The van der Waals surface area contributed by atoms with Crippen LogP contribution in [0.15, 0.2) is 58.6 Å². The molecule has 1 aromatic carbocycles. The molecule has 27 heavy (non-hydrogen) atoms. The summed E-state index contributed by atoms with van der Waals surface area (Å²) in [6.45, 7) is 0.392. The monoisotopic (exact) mass is 447 g/mol. The van der Waals surface area contributed by atoms with E-state index >= 15 is 0 Å². The average molecular weight is 448 g/mol. The summed E-state index contributed by atoms with van der Waals surface area (Å²) in [6, 6.07) is 9.60. The molecule has 0 bridgehead atoms. The Hall–Kier alpha value is -2.79. The number of sulfone groups is 1. The van der Waals surface area contributed by atoms with Gasteiger partial charge in [-0.1, -0.05) is 18.2 Å². The summed E-state index contributed by atoms with van der Waals surface area (Å²) in [5.74, 6) is 0.279. The largest absolute Gasteiger partial charge is 0.350 e. The summed E-state index contributed by atoms with van der Waals surface area (Å²) in [4.78, 5) is 8.22. The molecule has 4 aromatic rings. The van der Waals surface area contributed by atoms with E-state index in [1.807, 2.05) is 36.5 Å². The molecule has 3 heterocycles. The van der Waals surface area contributed by atoms with Crippen molar-refractivity contribution in [2.75, 3.05) is 11.6 Å². The molecule has 0 aliphatic carbocycles. The van der Waals surface area contributed by atoms with Gasteiger partial charge in [0.25, 0.3) is 5.16 Å². The fraction of sp³-hybridized carbons (Fsp3) is 0.125. The maximum atomic E-state index is 11.9. The van der Waals surface area contributed by atoms with Gasteiger partial charge in [-0.3, -0.25) is 0 Å². The molecule has 0 saturated heterocycles. The molecule has 9 nitrogen and oxygen atoms in total. The fourth-order valence-electron chi connectivity index (χ4n) is 2.58. The standard InChI is InChI=1S/C16H14BrN7O2S/c1-27(25,26)16-21-14-12(17)10-20-24(14)15(22-16)18-9-11-5-2-3-6-13(11)23-8-4-7-19-23/h2-8,10H,9H2,1H3,(H,18,21,22). The average Bonchev–Trinajstić information content (AvgIpc) is 3.30. The number of benzene rings is 1. The van der Waals surface area contributed by atoms with Crippen LogP contribution in [0.25, 0.3) is 11.3 Å². The number of halogens is 1. The second-order valence-electron chi connectivity index (χ2n) is 5.76. The van der Waals surface area contributed by atoms with Crippen LogP contribution < -0.4 is 5.32 Å².